The van der Waals surface area contributed by atoms with E-state index >= 15 is 0 Å². The molecular formula is C25H36N4O4S. The zero-order valence-corrected chi connectivity index (χ0v) is 20.6. The highest BCUT2D eigenvalue weighted by atomic mass is 32.2. The minimum Gasteiger partial charge on any atom is -0.352 e. The molecule has 4 aliphatic rings. The van der Waals surface area contributed by atoms with E-state index in [0.717, 1.165) is 38.9 Å². The molecule has 1 aromatic rings. The molecule has 186 valence electrons. The molecule has 0 radical (unpaired) electrons. The lowest BCUT2D eigenvalue weighted by Crippen LogP contribution is -2.65. The van der Waals surface area contributed by atoms with Crippen molar-refractivity contribution in [2.45, 2.75) is 69.5 Å². The normalized spacial score (nSPS) is 32.7. The molecule has 1 aromatic heterocycles. The summed E-state index contributed by atoms with van der Waals surface area (Å²) in [5.74, 6) is 1.14. The van der Waals surface area contributed by atoms with Crippen LogP contribution in [0.5, 0.6) is 0 Å². The van der Waals surface area contributed by atoms with E-state index in [1.165, 1.54) is 12.8 Å². The van der Waals surface area contributed by atoms with Gasteiger partial charge < -0.3 is 10.2 Å². The monoisotopic (exact) mass is 488 g/mol. The summed E-state index contributed by atoms with van der Waals surface area (Å²) in [6, 6.07) is 4.06. The first-order valence-electron chi connectivity index (χ1n) is 12.9. The number of carbonyl (C=O) groups is 2. The molecule has 8 nitrogen and oxygen atoms in total. The molecule has 0 spiro atoms. The first-order valence-corrected chi connectivity index (χ1v) is 14.7. The Labute approximate surface area is 202 Å². The Kier molecular flexibility index (Phi) is 6.93. The van der Waals surface area contributed by atoms with Crippen LogP contribution < -0.4 is 5.32 Å². The smallest absolute Gasteiger partial charge is 0.255 e. The van der Waals surface area contributed by atoms with Gasteiger partial charge in [-0.3, -0.25) is 19.5 Å². The summed E-state index contributed by atoms with van der Waals surface area (Å²) >= 11 is 0. The maximum Gasteiger partial charge on any atom is 0.255 e. The number of nitrogens with one attached hydrogen (secondary N) is 1. The van der Waals surface area contributed by atoms with Gasteiger partial charge >= 0.3 is 0 Å². The molecule has 4 aliphatic heterocycles. The fraction of sp³-hybridized carbons (Fsp3) is 0.720. The Hall–Kier alpha value is -2.00. The number of sulfone groups is 1. The van der Waals surface area contributed by atoms with Gasteiger partial charge in [0.15, 0.2) is 9.84 Å². The summed E-state index contributed by atoms with van der Waals surface area (Å²) in [7, 11) is -3.01. The van der Waals surface area contributed by atoms with Gasteiger partial charge in [0.1, 0.15) is 0 Å². The van der Waals surface area contributed by atoms with Crippen molar-refractivity contribution in [3.63, 3.8) is 0 Å². The van der Waals surface area contributed by atoms with Crippen LogP contribution in [0.1, 0.15) is 61.7 Å². The van der Waals surface area contributed by atoms with E-state index in [-0.39, 0.29) is 35.4 Å². The van der Waals surface area contributed by atoms with Gasteiger partial charge in [-0.15, -0.1) is 0 Å². The van der Waals surface area contributed by atoms with Crippen molar-refractivity contribution in [1.82, 2.24) is 20.1 Å². The Balaban J connectivity index is 1.27. The van der Waals surface area contributed by atoms with Crippen molar-refractivity contribution in [2.24, 2.45) is 11.8 Å². The SMILES string of the molecule is O=C(CCC[C@@H]1[C@H]2CCCN3CCC[C@@H](CN1C(=O)c1cccnc1)[C@@H]23)NC1CCS(=O)(=O)C1. The number of rotatable bonds is 6. The molecule has 5 atom stereocenters. The fourth-order valence-electron chi connectivity index (χ4n) is 6.93. The summed E-state index contributed by atoms with van der Waals surface area (Å²) in [5.41, 5.74) is 0.634. The number of piperidine rings is 3. The second-order valence-electron chi connectivity index (χ2n) is 10.6. The Morgan fingerprint density at radius 3 is 2.71 bits per heavy atom. The van der Waals surface area contributed by atoms with Gasteiger partial charge in [0, 0.05) is 43.5 Å². The van der Waals surface area contributed by atoms with E-state index in [9.17, 15) is 18.0 Å². The van der Waals surface area contributed by atoms with E-state index < -0.39 is 9.84 Å². The molecule has 0 saturated carbocycles. The summed E-state index contributed by atoms with van der Waals surface area (Å²) in [6.45, 7) is 3.10. The third-order valence-electron chi connectivity index (χ3n) is 8.34. The highest BCUT2D eigenvalue weighted by Crippen LogP contribution is 2.43. The van der Waals surface area contributed by atoms with Crippen LogP contribution in [-0.4, -0.2) is 84.3 Å². The van der Waals surface area contributed by atoms with Crippen molar-refractivity contribution < 1.29 is 18.0 Å². The summed E-state index contributed by atoms with van der Waals surface area (Å²) in [4.78, 5) is 35.0. The third kappa shape index (κ3) is 5.00. The average Bonchev–Trinajstić information content (AvgIpc) is 3.18. The maximum absolute atomic E-state index is 13.6. The van der Waals surface area contributed by atoms with Crippen molar-refractivity contribution in [3.05, 3.63) is 30.1 Å². The second kappa shape index (κ2) is 9.93. The fourth-order valence-corrected chi connectivity index (χ4v) is 8.61. The Morgan fingerprint density at radius 1 is 1.15 bits per heavy atom. The molecule has 0 aromatic carbocycles. The zero-order chi connectivity index (χ0) is 23.7. The van der Waals surface area contributed by atoms with Gasteiger partial charge in [-0.2, -0.15) is 0 Å². The molecular weight excluding hydrogens is 452 g/mol. The summed E-state index contributed by atoms with van der Waals surface area (Å²) < 4.78 is 23.4. The lowest BCUT2D eigenvalue weighted by atomic mass is 9.69. The number of hydrogen-bond acceptors (Lipinski definition) is 6. The van der Waals surface area contributed by atoms with Gasteiger partial charge in [-0.05, 0) is 82.0 Å². The maximum atomic E-state index is 13.6. The van der Waals surface area contributed by atoms with Crippen LogP contribution in [0.15, 0.2) is 24.5 Å². The lowest BCUT2D eigenvalue weighted by Gasteiger charge is -2.57. The van der Waals surface area contributed by atoms with E-state index in [2.05, 4.69) is 20.1 Å². The molecule has 0 aliphatic carbocycles. The number of amides is 2. The minimum atomic E-state index is -3.01. The van der Waals surface area contributed by atoms with Crippen molar-refractivity contribution >= 4 is 21.7 Å². The number of carbonyl (C=O) groups excluding carboxylic acids is 2. The van der Waals surface area contributed by atoms with Crippen molar-refractivity contribution in [1.29, 1.82) is 0 Å². The van der Waals surface area contributed by atoms with E-state index in [1.54, 1.807) is 12.4 Å². The zero-order valence-electron chi connectivity index (χ0n) is 19.8. The number of nitrogens with zero attached hydrogens (tertiary/aromatic N) is 3. The topological polar surface area (TPSA) is 99.7 Å². The summed E-state index contributed by atoms with van der Waals surface area (Å²) in [5, 5.41) is 2.91. The first-order chi connectivity index (χ1) is 16.4. The third-order valence-corrected chi connectivity index (χ3v) is 10.1. The highest BCUT2D eigenvalue weighted by Gasteiger charge is 2.49. The van der Waals surface area contributed by atoms with Crippen LogP contribution in [-0.2, 0) is 14.6 Å². The molecule has 1 N–H and O–H groups in total. The van der Waals surface area contributed by atoms with Crippen LogP contribution in [0.2, 0.25) is 0 Å². The van der Waals surface area contributed by atoms with Crippen LogP contribution >= 0.6 is 0 Å². The minimum absolute atomic E-state index is 0.0513. The van der Waals surface area contributed by atoms with Crippen LogP contribution in [0, 0.1) is 11.8 Å². The van der Waals surface area contributed by atoms with E-state index in [4.69, 9.17) is 0 Å². The lowest BCUT2D eigenvalue weighted by molar-refractivity contribution is -0.121. The molecule has 34 heavy (non-hydrogen) atoms. The predicted molar refractivity (Wildman–Crippen MR) is 129 cm³/mol. The highest BCUT2D eigenvalue weighted by molar-refractivity contribution is 7.91. The molecule has 4 fully saturated rings. The number of likely N-dealkylation sites (tertiary alicyclic amines) is 1. The van der Waals surface area contributed by atoms with Crippen LogP contribution in [0.4, 0.5) is 0 Å². The standard InChI is InChI=1S/C25H36N4O4S/c30-23(27-20-10-14-34(32,33)17-20)9-1-8-22-21-7-4-13-28-12-3-6-19(24(21)28)16-29(22)25(31)18-5-2-11-26-15-18/h2,5,11,15,19-22,24H,1,3-4,6-10,12-14,16-17H2,(H,27,30)/t19-,20?,21+,22+,24-/m0/s1. The Bertz CT molecular complexity index is 999. The predicted octanol–water partition coefficient (Wildman–Crippen LogP) is 1.87. The molecule has 2 amide bonds. The molecule has 9 heteroatoms. The molecule has 5 heterocycles. The number of hydrogen-bond donors (Lipinski definition) is 1. The van der Waals surface area contributed by atoms with Crippen molar-refractivity contribution in [3.8, 4) is 0 Å². The molecule has 1 unspecified atom stereocenters. The van der Waals surface area contributed by atoms with Crippen molar-refractivity contribution in [2.75, 3.05) is 31.1 Å². The first kappa shape index (κ1) is 23.7. The Morgan fingerprint density at radius 2 is 1.97 bits per heavy atom. The summed E-state index contributed by atoms with van der Waals surface area (Å²) in [6.07, 6.45) is 10.4. The quantitative estimate of drug-likeness (QED) is 0.656. The number of aromatic nitrogens is 1. The molecule has 4 saturated heterocycles. The van der Waals surface area contributed by atoms with Crippen LogP contribution in [0.25, 0.3) is 0 Å². The van der Waals surface area contributed by atoms with E-state index in [1.807, 2.05) is 12.1 Å². The molecule has 0 bridgehead atoms. The van der Waals surface area contributed by atoms with Gasteiger partial charge in [0.2, 0.25) is 5.91 Å². The average molecular weight is 489 g/mol. The van der Waals surface area contributed by atoms with Gasteiger partial charge in [0.25, 0.3) is 5.91 Å². The van der Waals surface area contributed by atoms with Gasteiger partial charge in [-0.1, -0.05) is 0 Å². The van der Waals surface area contributed by atoms with Gasteiger partial charge in [-0.25, -0.2) is 8.42 Å². The number of pyridine rings is 1. The molecule has 5 rings (SSSR count). The largest absolute Gasteiger partial charge is 0.352 e. The van der Waals surface area contributed by atoms with Crippen LogP contribution in [0.3, 0.4) is 0 Å². The van der Waals surface area contributed by atoms with E-state index in [0.29, 0.717) is 42.7 Å². The second-order valence-corrected chi connectivity index (χ2v) is 12.8. The van der Waals surface area contributed by atoms with Gasteiger partial charge in [0.05, 0.1) is 17.1 Å².